The maximum absolute atomic E-state index is 12.6. The van der Waals surface area contributed by atoms with Crippen LogP contribution in [-0.4, -0.2) is 79.0 Å². The monoisotopic (exact) mass is 423 g/mol. The summed E-state index contributed by atoms with van der Waals surface area (Å²) in [6, 6.07) is 7.46. The van der Waals surface area contributed by atoms with Gasteiger partial charge in [0, 0.05) is 45.3 Å². The predicted molar refractivity (Wildman–Crippen MR) is 110 cm³/mol. The summed E-state index contributed by atoms with van der Waals surface area (Å²) in [4.78, 5) is 6.59. The topological polar surface area (TPSA) is 92.0 Å². The fourth-order valence-electron chi connectivity index (χ4n) is 3.18. The van der Waals surface area contributed by atoms with Crippen LogP contribution in [0.25, 0.3) is 11.4 Å². The lowest BCUT2D eigenvalue weighted by molar-refractivity contribution is 0.159. The summed E-state index contributed by atoms with van der Waals surface area (Å²) in [5.41, 5.74) is 0.854. The number of aromatic nitrogens is 2. The average Bonchev–Trinajstić information content (AvgIpc) is 3.20. The molecule has 0 saturated carbocycles. The van der Waals surface area contributed by atoms with Crippen molar-refractivity contribution in [3.63, 3.8) is 0 Å². The Kier molecular flexibility index (Phi) is 7.23. The second-order valence-electron chi connectivity index (χ2n) is 7.10. The largest absolute Gasteiger partial charge is 0.497 e. The first kappa shape index (κ1) is 21.7. The molecule has 0 bridgehead atoms. The highest BCUT2D eigenvalue weighted by atomic mass is 32.2. The van der Waals surface area contributed by atoms with Crippen molar-refractivity contribution in [2.24, 2.45) is 0 Å². The summed E-state index contributed by atoms with van der Waals surface area (Å²) < 4.78 is 38.8. The molecule has 0 atom stereocenters. The zero-order valence-electron chi connectivity index (χ0n) is 17.2. The fourth-order valence-corrected chi connectivity index (χ4v) is 4.56. The Hall–Kier alpha value is -2.01. The van der Waals surface area contributed by atoms with Gasteiger partial charge in [0.25, 0.3) is 10.2 Å². The van der Waals surface area contributed by atoms with Crippen molar-refractivity contribution in [1.29, 1.82) is 0 Å². The quantitative estimate of drug-likeness (QED) is 0.608. The van der Waals surface area contributed by atoms with Gasteiger partial charge < -0.3 is 9.26 Å². The second-order valence-corrected chi connectivity index (χ2v) is 9.13. The molecular weight excluding hydrogens is 394 g/mol. The molecule has 1 aromatic heterocycles. The molecule has 2 aromatic rings. The number of benzene rings is 1. The van der Waals surface area contributed by atoms with Crippen molar-refractivity contribution in [1.82, 2.24) is 23.7 Å². The molecule has 9 nitrogen and oxygen atoms in total. The minimum absolute atomic E-state index is 0.457. The van der Waals surface area contributed by atoms with E-state index in [1.807, 2.05) is 24.3 Å². The Morgan fingerprint density at radius 3 is 2.48 bits per heavy atom. The zero-order valence-corrected chi connectivity index (χ0v) is 18.1. The van der Waals surface area contributed by atoms with Gasteiger partial charge in [-0.1, -0.05) is 18.5 Å². The molecule has 1 saturated heterocycles. The van der Waals surface area contributed by atoms with Gasteiger partial charge in [0.2, 0.25) is 11.7 Å². The van der Waals surface area contributed by atoms with Crippen LogP contribution in [0.15, 0.2) is 28.8 Å². The number of ether oxygens (including phenoxy) is 1. The van der Waals surface area contributed by atoms with Gasteiger partial charge in [-0.25, -0.2) is 0 Å². The van der Waals surface area contributed by atoms with Crippen LogP contribution in [0, 0.1) is 0 Å². The third-order valence-electron chi connectivity index (χ3n) is 5.05. The molecular formula is C19H29N5O4S. The number of piperazine rings is 1. The summed E-state index contributed by atoms with van der Waals surface area (Å²) in [5, 5.41) is 4.05. The van der Waals surface area contributed by atoms with Crippen LogP contribution >= 0.6 is 0 Å². The maximum Gasteiger partial charge on any atom is 0.281 e. The van der Waals surface area contributed by atoms with Crippen molar-refractivity contribution in [2.75, 3.05) is 46.9 Å². The van der Waals surface area contributed by atoms with Crippen LogP contribution in [-0.2, 0) is 16.8 Å². The first-order chi connectivity index (χ1) is 13.9. The van der Waals surface area contributed by atoms with E-state index in [4.69, 9.17) is 9.26 Å². The average molecular weight is 424 g/mol. The predicted octanol–water partition coefficient (Wildman–Crippen LogP) is 1.84. The molecule has 0 N–H and O–H groups in total. The minimum Gasteiger partial charge on any atom is -0.497 e. The first-order valence-corrected chi connectivity index (χ1v) is 11.2. The fraction of sp³-hybridized carbons (Fsp3) is 0.579. The van der Waals surface area contributed by atoms with Crippen molar-refractivity contribution in [3.05, 3.63) is 30.2 Å². The second kappa shape index (κ2) is 9.66. The van der Waals surface area contributed by atoms with Crippen LogP contribution in [0.1, 0.15) is 25.7 Å². The summed E-state index contributed by atoms with van der Waals surface area (Å²) in [6.45, 7) is 5.27. The zero-order chi connectivity index (χ0) is 20.9. The molecule has 0 aliphatic carbocycles. The molecule has 29 heavy (non-hydrogen) atoms. The van der Waals surface area contributed by atoms with E-state index in [0.29, 0.717) is 51.0 Å². The highest BCUT2D eigenvalue weighted by Gasteiger charge is 2.30. The third-order valence-corrected chi connectivity index (χ3v) is 7.04. The van der Waals surface area contributed by atoms with E-state index in [1.54, 1.807) is 18.5 Å². The Morgan fingerprint density at radius 1 is 1.17 bits per heavy atom. The molecule has 0 spiro atoms. The van der Waals surface area contributed by atoms with Crippen LogP contribution in [0.5, 0.6) is 5.75 Å². The molecule has 1 fully saturated rings. The smallest absolute Gasteiger partial charge is 0.281 e. The molecule has 1 aliphatic heterocycles. The van der Waals surface area contributed by atoms with Gasteiger partial charge in [0.1, 0.15) is 5.75 Å². The van der Waals surface area contributed by atoms with E-state index in [-0.39, 0.29) is 0 Å². The van der Waals surface area contributed by atoms with Gasteiger partial charge in [0.05, 0.1) is 13.7 Å². The summed E-state index contributed by atoms with van der Waals surface area (Å²) in [6.07, 6.45) is 1.83. The van der Waals surface area contributed by atoms with Gasteiger partial charge in [-0.05, 0) is 30.7 Å². The SMILES string of the molecule is CCCCN(C)S(=O)(=O)N1CCN(Cc2nc(-c3ccc(OC)cc3)no2)CC1. The van der Waals surface area contributed by atoms with Gasteiger partial charge in [-0.15, -0.1) is 0 Å². The van der Waals surface area contributed by atoms with Gasteiger partial charge in [-0.2, -0.15) is 22.0 Å². The van der Waals surface area contributed by atoms with Gasteiger partial charge in [0.15, 0.2) is 0 Å². The van der Waals surface area contributed by atoms with Crippen LogP contribution in [0.2, 0.25) is 0 Å². The van der Waals surface area contributed by atoms with E-state index in [0.717, 1.165) is 24.2 Å². The lowest BCUT2D eigenvalue weighted by Gasteiger charge is -2.35. The molecule has 2 heterocycles. The molecule has 0 unspecified atom stereocenters. The third kappa shape index (κ3) is 5.33. The Bertz CT molecular complexity index is 876. The molecule has 3 rings (SSSR count). The number of nitrogens with zero attached hydrogens (tertiary/aromatic N) is 5. The minimum atomic E-state index is -3.39. The first-order valence-electron chi connectivity index (χ1n) is 9.84. The molecule has 1 aromatic carbocycles. The molecule has 10 heteroatoms. The van der Waals surface area contributed by atoms with Gasteiger partial charge >= 0.3 is 0 Å². The lowest BCUT2D eigenvalue weighted by atomic mass is 10.2. The summed E-state index contributed by atoms with van der Waals surface area (Å²) >= 11 is 0. The summed E-state index contributed by atoms with van der Waals surface area (Å²) in [5.74, 6) is 1.82. The van der Waals surface area contributed by atoms with Crippen LogP contribution in [0.4, 0.5) is 0 Å². The Balaban J connectivity index is 1.54. The number of unbranched alkanes of at least 4 members (excludes halogenated alkanes) is 1. The molecule has 1 aliphatic rings. The molecule has 160 valence electrons. The van der Waals surface area contributed by atoms with Crippen LogP contribution in [0.3, 0.4) is 0 Å². The standard InChI is InChI=1S/C19H29N5O4S/c1-4-5-10-22(2)29(25,26)24-13-11-23(12-14-24)15-18-20-19(21-28-18)16-6-8-17(27-3)9-7-16/h6-9H,4-5,10-15H2,1-3H3. The normalized spacial score (nSPS) is 16.4. The van der Waals surface area contributed by atoms with E-state index >= 15 is 0 Å². The number of hydrogen-bond donors (Lipinski definition) is 0. The Labute approximate surface area is 172 Å². The van der Waals surface area contributed by atoms with Crippen molar-refractivity contribution in [3.8, 4) is 17.1 Å². The number of hydrogen-bond acceptors (Lipinski definition) is 7. The highest BCUT2D eigenvalue weighted by Crippen LogP contribution is 2.20. The van der Waals surface area contributed by atoms with E-state index in [1.165, 1.54) is 4.31 Å². The van der Waals surface area contributed by atoms with Gasteiger partial charge in [-0.3, -0.25) is 4.90 Å². The number of rotatable bonds is 9. The van der Waals surface area contributed by atoms with Crippen molar-refractivity contribution in [2.45, 2.75) is 26.3 Å². The Morgan fingerprint density at radius 2 is 1.86 bits per heavy atom. The molecule has 0 amide bonds. The molecule has 0 radical (unpaired) electrons. The lowest BCUT2D eigenvalue weighted by Crippen LogP contribution is -2.52. The van der Waals surface area contributed by atoms with E-state index < -0.39 is 10.2 Å². The van der Waals surface area contributed by atoms with E-state index in [2.05, 4.69) is 22.0 Å². The number of methoxy groups -OCH3 is 1. The van der Waals surface area contributed by atoms with Crippen molar-refractivity contribution >= 4 is 10.2 Å². The van der Waals surface area contributed by atoms with Crippen LogP contribution < -0.4 is 4.74 Å². The summed E-state index contributed by atoms with van der Waals surface area (Å²) in [7, 11) is -0.120. The van der Waals surface area contributed by atoms with E-state index in [9.17, 15) is 8.42 Å². The maximum atomic E-state index is 12.6. The van der Waals surface area contributed by atoms with Crippen molar-refractivity contribution < 1.29 is 17.7 Å². The highest BCUT2D eigenvalue weighted by molar-refractivity contribution is 7.86.